The molecule has 2 atom stereocenters. The monoisotopic (exact) mass is 636 g/mol. The summed E-state index contributed by atoms with van der Waals surface area (Å²) in [6.07, 6.45) is 18.3. The minimum absolute atomic E-state index is 0.0259. The molecule has 0 bridgehead atoms. The molecule has 12 heteroatoms. The van der Waals surface area contributed by atoms with E-state index in [4.69, 9.17) is 23.6 Å². The number of unbranched alkanes of at least 4 members (excludes halogenated alkanes) is 11. The van der Waals surface area contributed by atoms with Crippen molar-refractivity contribution in [2.75, 3.05) is 47.5 Å². The van der Waals surface area contributed by atoms with Crippen LogP contribution in [0.1, 0.15) is 116 Å². The molecular formula is C31H59NO10P+. The number of nitrogens with zero attached hydrogens (tertiary/aromatic N) is 1. The highest BCUT2D eigenvalue weighted by atomic mass is 31.2. The summed E-state index contributed by atoms with van der Waals surface area (Å²) in [7, 11) is 1.27. The molecule has 0 aliphatic rings. The maximum atomic E-state index is 12.2. The van der Waals surface area contributed by atoms with Crippen LogP contribution in [0.25, 0.3) is 0 Å². The Labute approximate surface area is 259 Å². The number of esters is 2. The Morgan fingerprint density at radius 2 is 1.30 bits per heavy atom. The number of hydrogen-bond donors (Lipinski definition) is 2. The number of carbonyl (C=O) groups is 3. The summed E-state index contributed by atoms with van der Waals surface area (Å²) in [6, 6.07) is 0. The average Bonchev–Trinajstić information content (AvgIpc) is 2.91. The van der Waals surface area contributed by atoms with Gasteiger partial charge < -0.3 is 24.0 Å². The van der Waals surface area contributed by atoms with Gasteiger partial charge in [0.2, 0.25) is 0 Å². The second-order valence-electron chi connectivity index (χ2n) is 12.0. The number of phosphoric acid groups is 1. The van der Waals surface area contributed by atoms with Gasteiger partial charge in [0.15, 0.2) is 6.10 Å². The summed E-state index contributed by atoms with van der Waals surface area (Å²) in [4.78, 5) is 45.0. The van der Waals surface area contributed by atoms with Gasteiger partial charge in [0, 0.05) is 19.3 Å². The highest BCUT2D eigenvalue weighted by Crippen LogP contribution is 2.43. The largest absolute Gasteiger partial charge is 0.481 e. The van der Waals surface area contributed by atoms with Gasteiger partial charge in [0.1, 0.15) is 19.8 Å². The molecule has 0 aromatic heterocycles. The van der Waals surface area contributed by atoms with E-state index in [0.717, 1.165) is 38.5 Å². The van der Waals surface area contributed by atoms with Crippen LogP contribution >= 0.6 is 7.82 Å². The molecule has 11 nitrogen and oxygen atoms in total. The van der Waals surface area contributed by atoms with Crippen molar-refractivity contribution in [1.82, 2.24) is 0 Å². The van der Waals surface area contributed by atoms with Crippen LogP contribution in [0.5, 0.6) is 0 Å². The van der Waals surface area contributed by atoms with Gasteiger partial charge in [0.05, 0.1) is 27.7 Å². The lowest BCUT2D eigenvalue weighted by Crippen LogP contribution is -2.37. The summed E-state index contributed by atoms with van der Waals surface area (Å²) in [5, 5.41) is 8.75. The number of rotatable bonds is 29. The molecule has 0 aliphatic carbocycles. The van der Waals surface area contributed by atoms with E-state index in [1.807, 2.05) is 21.1 Å². The number of ether oxygens (including phenoxy) is 2. The lowest BCUT2D eigenvalue weighted by molar-refractivity contribution is -0.870. The van der Waals surface area contributed by atoms with Crippen molar-refractivity contribution in [3.8, 4) is 0 Å². The predicted molar refractivity (Wildman–Crippen MR) is 166 cm³/mol. The number of allylic oxidation sites excluding steroid dienone is 2. The normalized spacial score (nSPS) is 14.0. The van der Waals surface area contributed by atoms with Crippen LogP contribution in [0.4, 0.5) is 0 Å². The van der Waals surface area contributed by atoms with Gasteiger partial charge in [-0.05, 0) is 38.5 Å². The fourth-order valence-electron chi connectivity index (χ4n) is 3.99. The summed E-state index contributed by atoms with van der Waals surface area (Å²) in [6.45, 7) is 1.79. The number of hydrogen-bond acceptors (Lipinski definition) is 8. The number of carbonyl (C=O) groups excluding carboxylic acids is 2. The van der Waals surface area contributed by atoms with E-state index in [1.54, 1.807) is 0 Å². The zero-order chi connectivity index (χ0) is 32.4. The summed E-state index contributed by atoms with van der Waals surface area (Å²) < 4.78 is 33.2. The Balaban J connectivity index is 4.31. The SMILES string of the molecule is CCCCCCCC/C=C\CCCCCCCC(=O)OC[C@H](COP(=O)(O)OCC[N+](C)(C)C)OC(=O)CCCC(=O)O. The van der Waals surface area contributed by atoms with E-state index < -0.39 is 38.4 Å². The van der Waals surface area contributed by atoms with Crippen molar-refractivity contribution in [2.24, 2.45) is 0 Å². The molecule has 0 amide bonds. The van der Waals surface area contributed by atoms with E-state index in [9.17, 15) is 23.8 Å². The van der Waals surface area contributed by atoms with Crippen LogP contribution < -0.4 is 0 Å². The van der Waals surface area contributed by atoms with Crippen molar-refractivity contribution < 1.29 is 52.0 Å². The molecule has 0 saturated heterocycles. The number of carboxylic acids is 1. The quantitative estimate of drug-likeness (QED) is 0.0304. The molecule has 0 saturated carbocycles. The van der Waals surface area contributed by atoms with Crippen molar-refractivity contribution in [1.29, 1.82) is 0 Å². The van der Waals surface area contributed by atoms with Crippen molar-refractivity contribution in [2.45, 2.75) is 122 Å². The molecule has 0 rings (SSSR count). The average molecular weight is 637 g/mol. The standard InChI is InChI=1S/C31H58NO10P/c1-5-6-7-8-9-10-11-12-13-14-15-16-17-18-19-22-30(35)39-26-28(42-31(36)23-20-21-29(33)34)27-41-43(37,38)40-25-24-32(2,3)4/h12-13,28H,5-11,14-27H2,1-4H3,(H-,33,34,37,38)/p+1/b13-12-/t28-/m1/s1. The van der Waals surface area contributed by atoms with Crippen LogP contribution in [0.15, 0.2) is 12.2 Å². The van der Waals surface area contributed by atoms with E-state index in [0.29, 0.717) is 17.4 Å². The number of carboxylic acid groups (broad SMARTS) is 1. The molecule has 43 heavy (non-hydrogen) atoms. The van der Waals surface area contributed by atoms with Crippen LogP contribution in [-0.4, -0.2) is 86.0 Å². The summed E-state index contributed by atoms with van der Waals surface area (Å²) in [5.41, 5.74) is 0. The molecule has 0 aromatic carbocycles. The molecule has 1 unspecified atom stereocenters. The van der Waals surface area contributed by atoms with Crippen LogP contribution in [0.3, 0.4) is 0 Å². The first-order valence-corrected chi connectivity index (χ1v) is 17.5. The van der Waals surface area contributed by atoms with Crippen LogP contribution in [0.2, 0.25) is 0 Å². The topological polar surface area (TPSA) is 146 Å². The maximum absolute atomic E-state index is 12.2. The minimum Gasteiger partial charge on any atom is -0.481 e. The fourth-order valence-corrected chi connectivity index (χ4v) is 4.73. The van der Waals surface area contributed by atoms with Crippen molar-refractivity contribution in [3.05, 3.63) is 12.2 Å². The zero-order valence-electron chi connectivity index (χ0n) is 27.1. The lowest BCUT2D eigenvalue weighted by atomic mass is 10.1. The minimum atomic E-state index is -4.43. The molecule has 0 heterocycles. The van der Waals surface area contributed by atoms with Gasteiger partial charge in [0.25, 0.3) is 0 Å². The number of aliphatic carboxylic acids is 1. The maximum Gasteiger partial charge on any atom is 0.472 e. The van der Waals surface area contributed by atoms with Crippen molar-refractivity contribution in [3.63, 3.8) is 0 Å². The van der Waals surface area contributed by atoms with Gasteiger partial charge in [-0.15, -0.1) is 0 Å². The molecule has 0 aliphatic heterocycles. The van der Waals surface area contributed by atoms with E-state index >= 15 is 0 Å². The third-order valence-corrected chi connectivity index (χ3v) is 7.57. The second-order valence-corrected chi connectivity index (χ2v) is 13.4. The van der Waals surface area contributed by atoms with E-state index in [-0.39, 0.29) is 38.9 Å². The highest BCUT2D eigenvalue weighted by Gasteiger charge is 2.27. The Morgan fingerprint density at radius 3 is 1.88 bits per heavy atom. The summed E-state index contributed by atoms with van der Waals surface area (Å²) in [5.74, 6) is -2.22. The third-order valence-electron chi connectivity index (χ3n) is 6.58. The van der Waals surface area contributed by atoms with Crippen molar-refractivity contribution >= 4 is 25.7 Å². The van der Waals surface area contributed by atoms with Crippen LogP contribution in [0, 0.1) is 0 Å². The molecule has 0 radical (unpaired) electrons. The lowest BCUT2D eigenvalue weighted by Gasteiger charge is -2.24. The predicted octanol–water partition coefficient (Wildman–Crippen LogP) is 6.57. The zero-order valence-corrected chi connectivity index (χ0v) is 28.0. The molecule has 252 valence electrons. The smallest absolute Gasteiger partial charge is 0.472 e. The van der Waals surface area contributed by atoms with E-state index in [1.165, 1.54) is 38.5 Å². The van der Waals surface area contributed by atoms with E-state index in [2.05, 4.69) is 19.1 Å². The second kappa shape index (κ2) is 25.5. The molecule has 2 N–H and O–H groups in total. The third kappa shape index (κ3) is 30.0. The first kappa shape index (κ1) is 41.2. The number of quaternary nitrogens is 1. The van der Waals surface area contributed by atoms with Gasteiger partial charge in [-0.25, -0.2) is 4.57 Å². The molecule has 0 spiro atoms. The van der Waals surface area contributed by atoms with Crippen LogP contribution in [-0.2, 0) is 37.5 Å². The first-order valence-electron chi connectivity index (χ1n) is 16.0. The Morgan fingerprint density at radius 1 is 0.744 bits per heavy atom. The Kier molecular flexibility index (Phi) is 24.5. The highest BCUT2D eigenvalue weighted by molar-refractivity contribution is 7.47. The van der Waals surface area contributed by atoms with Gasteiger partial charge in [-0.1, -0.05) is 70.4 Å². The van der Waals surface area contributed by atoms with Gasteiger partial charge in [-0.2, -0.15) is 0 Å². The molecular weight excluding hydrogens is 577 g/mol. The first-order chi connectivity index (χ1) is 20.3. The Hall–Kier alpha value is -1.78. The number of phosphoric ester groups is 1. The number of likely N-dealkylation sites (N-methyl/N-ethyl adjacent to an activating group) is 1. The van der Waals surface area contributed by atoms with Gasteiger partial charge in [-0.3, -0.25) is 23.4 Å². The summed E-state index contributed by atoms with van der Waals surface area (Å²) >= 11 is 0. The molecule has 0 aromatic rings. The molecule has 0 fully saturated rings. The fraction of sp³-hybridized carbons (Fsp3) is 0.839. The Bertz CT molecular complexity index is 828. The van der Waals surface area contributed by atoms with Gasteiger partial charge >= 0.3 is 25.7 Å².